The standard InChI is InChI=1S/C32H30Cl3N3O4S/c1-22-8-14-27(15-9-22)38(43(41,42)28-16-12-25(33)13-17-28)21-31(39)37(20-24-10-11-26(34)19-29(24)35)30(32(40)36-2)18-23-6-4-3-5-7-23/h3-17,19,30H,18,20-21H2,1-2H3,(H,36,40)/t30-/m1/s1. The quantitative estimate of drug-likeness (QED) is 0.198. The third-order valence-electron chi connectivity index (χ3n) is 6.88. The third kappa shape index (κ3) is 8.09. The zero-order valence-electron chi connectivity index (χ0n) is 23.5. The van der Waals surface area contributed by atoms with Gasteiger partial charge < -0.3 is 10.2 Å². The van der Waals surface area contributed by atoms with E-state index in [2.05, 4.69) is 5.32 Å². The minimum Gasteiger partial charge on any atom is -0.357 e. The fourth-order valence-electron chi connectivity index (χ4n) is 4.53. The van der Waals surface area contributed by atoms with Gasteiger partial charge in [-0.05, 0) is 66.6 Å². The highest BCUT2D eigenvalue weighted by Crippen LogP contribution is 2.28. The van der Waals surface area contributed by atoms with E-state index in [0.29, 0.717) is 20.6 Å². The number of aryl methyl sites for hydroxylation is 1. The monoisotopic (exact) mass is 657 g/mol. The van der Waals surface area contributed by atoms with Gasteiger partial charge in [-0.2, -0.15) is 0 Å². The van der Waals surface area contributed by atoms with Crippen LogP contribution >= 0.6 is 34.8 Å². The summed E-state index contributed by atoms with van der Waals surface area (Å²) in [6, 6.07) is 25.7. The summed E-state index contributed by atoms with van der Waals surface area (Å²) < 4.78 is 29.0. The van der Waals surface area contributed by atoms with E-state index in [-0.39, 0.29) is 23.5 Å². The lowest BCUT2D eigenvalue weighted by atomic mass is 10.0. The van der Waals surface area contributed by atoms with Crippen LogP contribution in [0.1, 0.15) is 16.7 Å². The molecule has 0 aliphatic heterocycles. The van der Waals surface area contributed by atoms with E-state index in [1.165, 1.54) is 36.2 Å². The molecule has 0 bridgehead atoms. The smallest absolute Gasteiger partial charge is 0.264 e. The Morgan fingerprint density at radius 2 is 1.47 bits per heavy atom. The second-order valence-corrected chi connectivity index (χ2v) is 13.0. The van der Waals surface area contributed by atoms with Gasteiger partial charge in [0.15, 0.2) is 0 Å². The summed E-state index contributed by atoms with van der Waals surface area (Å²) in [5, 5.41) is 3.75. The molecule has 4 aromatic rings. The van der Waals surface area contributed by atoms with Gasteiger partial charge in [0.25, 0.3) is 10.0 Å². The fourth-order valence-corrected chi connectivity index (χ4v) is 6.54. The highest BCUT2D eigenvalue weighted by atomic mass is 35.5. The molecule has 7 nitrogen and oxygen atoms in total. The summed E-state index contributed by atoms with van der Waals surface area (Å²) in [7, 11) is -2.74. The third-order valence-corrected chi connectivity index (χ3v) is 9.50. The molecule has 1 atom stereocenters. The first-order chi connectivity index (χ1) is 20.5. The van der Waals surface area contributed by atoms with Crippen molar-refractivity contribution in [2.24, 2.45) is 0 Å². The Bertz CT molecular complexity index is 1680. The van der Waals surface area contributed by atoms with Crippen LogP contribution in [0.2, 0.25) is 15.1 Å². The summed E-state index contributed by atoms with van der Waals surface area (Å²) in [5.41, 5.74) is 2.57. The number of sulfonamides is 1. The van der Waals surface area contributed by atoms with Gasteiger partial charge in [0.1, 0.15) is 12.6 Å². The Balaban J connectivity index is 1.80. The number of halogens is 3. The Morgan fingerprint density at radius 1 is 0.837 bits per heavy atom. The average Bonchev–Trinajstić information content (AvgIpc) is 2.99. The van der Waals surface area contributed by atoms with Crippen LogP contribution in [0.25, 0.3) is 0 Å². The lowest BCUT2D eigenvalue weighted by Gasteiger charge is -2.33. The van der Waals surface area contributed by atoms with Crippen molar-refractivity contribution in [3.8, 4) is 0 Å². The molecule has 0 spiro atoms. The normalized spacial score (nSPS) is 11.9. The van der Waals surface area contributed by atoms with Crippen LogP contribution in [-0.4, -0.2) is 44.8 Å². The highest BCUT2D eigenvalue weighted by molar-refractivity contribution is 7.92. The molecule has 4 aromatic carbocycles. The van der Waals surface area contributed by atoms with E-state index >= 15 is 0 Å². The summed E-state index contributed by atoms with van der Waals surface area (Å²) in [5.74, 6) is -1.02. The topological polar surface area (TPSA) is 86.8 Å². The van der Waals surface area contributed by atoms with E-state index < -0.39 is 34.4 Å². The zero-order chi connectivity index (χ0) is 31.1. The van der Waals surface area contributed by atoms with E-state index in [1.54, 1.807) is 42.5 Å². The van der Waals surface area contributed by atoms with Crippen LogP contribution in [0.3, 0.4) is 0 Å². The molecule has 0 aliphatic carbocycles. The number of carbonyl (C=O) groups excluding carboxylic acids is 2. The molecule has 0 aliphatic rings. The molecule has 0 unspecified atom stereocenters. The van der Waals surface area contributed by atoms with Gasteiger partial charge in [-0.3, -0.25) is 13.9 Å². The highest BCUT2D eigenvalue weighted by Gasteiger charge is 2.34. The van der Waals surface area contributed by atoms with E-state index in [0.717, 1.165) is 15.4 Å². The minimum atomic E-state index is -4.23. The number of hydrogen-bond donors (Lipinski definition) is 1. The maximum Gasteiger partial charge on any atom is 0.264 e. The Morgan fingerprint density at radius 3 is 2.07 bits per heavy atom. The van der Waals surface area contributed by atoms with Crippen molar-refractivity contribution in [3.63, 3.8) is 0 Å². The summed E-state index contributed by atoms with van der Waals surface area (Å²) in [6.45, 7) is 1.23. The lowest BCUT2D eigenvalue weighted by molar-refractivity contribution is -0.139. The van der Waals surface area contributed by atoms with Crippen molar-refractivity contribution in [2.75, 3.05) is 17.9 Å². The number of rotatable bonds is 11. The van der Waals surface area contributed by atoms with Crippen LogP contribution in [-0.2, 0) is 32.6 Å². The number of likely N-dealkylation sites (N-methyl/N-ethyl adjacent to an activating group) is 1. The number of benzene rings is 4. The average molecular weight is 659 g/mol. The van der Waals surface area contributed by atoms with Gasteiger partial charge in [0.05, 0.1) is 10.6 Å². The summed E-state index contributed by atoms with van der Waals surface area (Å²) in [4.78, 5) is 29.0. The molecule has 11 heteroatoms. The molecule has 0 aromatic heterocycles. The van der Waals surface area contributed by atoms with Crippen molar-refractivity contribution in [1.82, 2.24) is 10.2 Å². The van der Waals surface area contributed by atoms with Crippen LogP contribution < -0.4 is 9.62 Å². The van der Waals surface area contributed by atoms with Crippen LogP contribution in [0.5, 0.6) is 0 Å². The Labute approximate surface area is 267 Å². The molecule has 224 valence electrons. The first-order valence-electron chi connectivity index (χ1n) is 13.3. The molecule has 1 N–H and O–H groups in total. The largest absolute Gasteiger partial charge is 0.357 e. The van der Waals surface area contributed by atoms with Crippen molar-refractivity contribution in [3.05, 3.63) is 129 Å². The van der Waals surface area contributed by atoms with Crippen molar-refractivity contribution in [2.45, 2.75) is 30.8 Å². The molecule has 0 radical (unpaired) electrons. The van der Waals surface area contributed by atoms with Gasteiger partial charge in [0.2, 0.25) is 11.8 Å². The molecule has 0 saturated heterocycles. The molecule has 4 rings (SSSR count). The Hall–Kier alpha value is -3.56. The van der Waals surface area contributed by atoms with Crippen molar-refractivity contribution in [1.29, 1.82) is 0 Å². The van der Waals surface area contributed by atoms with Crippen LogP contribution in [0, 0.1) is 6.92 Å². The van der Waals surface area contributed by atoms with Gasteiger partial charge in [-0.25, -0.2) is 8.42 Å². The second-order valence-electron chi connectivity index (χ2n) is 9.88. The molecular formula is C32H30Cl3N3O4S. The number of nitrogens with zero attached hydrogens (tertiary/aromatic N) is 2. The lowest BCUT2D eigenvalue weighted by Crippen LogP contribution is -2.53. The number of carbonyl (C=O) groups is 2. The molecule has 0 saturated carbocycles. The SMILES string of the molecule is CNC(=O)[C@@H](Cc1ccccc1)N(Cc1ccc(Cl)cc1Cl)C(=O)CN(c1ccc(C)cc1)S(=O)(=O)c1ccc(Cl)cc1. The van der Waals surface area contributed by atoms with E-state index in [1.807, 2.05) is 37.3 Å². The molecule has 43 heavy (non-hydrogen) atoms. The maximum atomic E-state index is 14.3. The number of anilines is 1. The zero-order valence-corrected chi connectivity index (χ0v) is 26.6. The van der Waals surface area contributed by atoms with Crippen molar-refractivity contribution >= 4 is 62.3 Å². The molecular weight excluding hydrogens is 629 g/mol. The maximum absolute atomic E-state index is 14.3. The van der Waals surface area contributed by atoms with Crippen LogP contribution in [0.15, 0.2) is 102 Å². The van der Waals surface area contributed by atoms with Gasteiger partial charge in [-0.1, -0.05) is 88.9 Å². The minimum absolute atomic E-state index is 0.0373. The fraction of sp³-hybridized carbons (Fsp3) is 0.188. The van der Waals surface area contributed by atoms with Crippen molar-refractivity contribution < 1.29 is 18.0 Å². The first-order valence-corrected chi connectivity index (χ1v) is 15.9. The number of hydrogen-bond acceptors (Lipinski definition) is 4. The van der Waals surface area contributed by atoms with Gasteiger partial charge >= 0.3 is 0 Å². The van der Waals surface area contributed by atoms with E-state index in [4.69, 9.17) is 34.8 Å². The van der Waals surface area contributed by atoms with E-state index in [9.17, 15) is 18.0 Å². The second kappa shape index (κ2) is 14.3. The number of nitrogens with one attached hydrogen (secondary N) is 1. The first kappa shape index (κ1) is 32.4. The molecule has 0 heterocycles. The predicted octanol–water partition coefficient (Wildman–Crippen LogP) is 6.54. The van der Waals surface area contributed by atoms with Gasteiger partial charge in [0, 0.05) is 35.1 Å². The Kier molecular flexibility index (Phi) is 10.7. The molecule has 0 fully saturated rings. The predicted molar refractivity (Wildman–Crippen MR) is 172 cm³/mol. The number of amides is 2. The van der Waals surface area contributed by atoms with Gasteiger partial charge in [-0.15, -0.1) is 0 Å². The molecule has 2 amide bonds. The summed E-state index contributed by atoms with van der Waals surface area (Å²) >= 11 is 18.6. The van der Waals surface area contributed by atoms with Crippen LogP contribution in [0.4, 0.5) is 5.69 Å². The summed E-state index contributed by atoms with van der Waals surface area (Å²) in [6.07, 6.45) is 0.186.